The average molecular weight is 312 g/mol. The lowest BCUT2D eigenvalue weighted by atomic mass is 10.1. The molecule has 0 radical (unpaired) electrons. The minimum Gasteiger partial charge on any atom is -0.469 e. The highest BCUT2D eigenvalue weighted by molar-refractivity contribution is 5.22. The summed E-state index contributed by atoms with van der Waals surface area (Å²) in [7, 11) is 0. The Bertz CT molecular complexity index is 542. The first-order valence-corrected chi connectivity index (χ1v) is 8.93. The zero-order chi connectivity index (χ0) is 15.7. The summed E-state index contributed by atoms with van der Waals surface area (Å²) >= 11 is 0. The van der Waals surface area contributed by atoms with E-state index >= 15 is 0 Å². The third-order valence-electron chi connectivity index (χ3n) is 4.56. The molecule has 0 bridgehead atoms. The van der Waals surface area contributed by atoms with Crippen molar-refractivity contribution in [1.29, 1.82) is 0 Å². The number of nitrogens with one attached hydrogen (secondary N) is 1. The highest BCUT2D eigenvalue weighted by Gasteiger charge is 2.10. The first-order chi connectivity index (χ1) is 11.4. The van der Waals surface area contributed by atoms with Crippen LogP contribution in [-0.2, 0) is 19.5 Å². The van der Waals surface area contributed by atoms with E-state index in [2.05, 4.69) is 34.5 Å². The van der Waals surface area contributed by atoms with E-state index in [-0.39, 0.29) is 0 Å². The topological polar surface area (TPSA) is 28.4 Å². The molecule has 0 atom stereocenters. The van der Waals surface area contributed by atoms with Gasteiger partial charge >= 0.3 is 0 Å². The van der Waals surface area contributed by atoms with E-state index in [1.54, 1.807) is 6.26 Å². The monoisotopic (exact) mass is 312 g/mol. The molecule has 0 saturated carbocycles. The molecule has 124 valence electrons. The number of rotatable bonds is 8. The van der Waals surface area contributed by atoms with Gasteiger partial charge in [0.05, 0.1) is 6.26 Å². The zero-order valence-electron chi connectivity index (χ0n) is 14.0. The standard InChI is InChI=1S/C20H28N2O/c1-2-13-22(14-3-1)17-19-10-8-18(9-11-19)16-21-12-4-6-20-7-5-15-23-20/h5,7-11,15,21H,1-4,6,12-14,16-17H2. The van der Waals surface area contributed by atoms with Gasteiger partial charge in [0.25, 0.3) is 0 Å². The zero-order valence-corrected chi connectivity index (χ0v) is 14.0. The summed E-state index contributed by atoms with van der Waals surface area (Å²) in [5.41, 5.74) is 2.80. The van der Waals surface area contributed by atoms with Gasteiger partial charge in [0, 0.05) is 19.5 Å². The fourth-order valence-corrected chi connectivity index (χ4v) is 3.21. The Labute approximate surface area is 139 Å². The van der Waals surface area contributed by atoms with Gasteiger partial charge in [-0.1, -0.05) is 30.7 Å². The summed E-state index contributed by atoms with van der Waals surface area (Å²) in [6.07, 6.45) is 7.99. The van der Waals surface area contributed by atoms with E-state index in [0.717, 1.165) is 38.2 Å². The second kappa shape index (κ2) is 8.90. The molecule has 0 unspecified atom stereocenters. The van der Waals surface area contributed by atoms with Crippen molar-refractivity contribution in [2.75, 3.05) is 19.6 Å². The van der Waals surface area contributed by atoms with Crippen LogP contribution in [0.25, 0.3) is 0 Å². The van der Waals surface area contributed by atoms with Crippen molar-refractivity contribution < 1.29 is 4.42 Å². The molecule has 1 N–H and O–H groups in total. The number of furan rings is 1. The second-order valence-corrected chi connectivity index (χ2v) is 6.51. The summed E-state index contributed by atoms with van der Waals surface area (Å²) in [6.45, 7) is 5.60. The molecule has 1 fully saturated rings. The van der Waals surface area contributed by atoms with Crippen molar-refractivity contribution in [1.82, 2.24) is 10.2 Å². The number of hydrogen-bond acceptors (Lipinski definition) is 3. The summed E-state index contributed by atoms with van der Waals surface area (Å²) in [6, 6.07) is 13.1. The lowest BCUT2D eigenvalue weighted by Gasteiger charge is -2.26. The largest absolute Gasteiger partial charge is 0.469 e. The summed E-state index contributed by atoms with van der Waals surface area (Å²) < 4.78 is 5.34. The number of benzene rings is 1. The van der Waals surface area contributed by atoms with Crippen LogP contribution in [0.1, 0.15) is 42.6 Å². The molecule has 1 aromatic carbocycles. The smallest absolute Gasteiger partial charge is 0.103 e. The minimum atomic E-state index is 0.947. The highest BCUT2D eigenvalue weighted by Crippen LogP contribution is 2.13. The minimum absolute atomic E-state index is 0.947. The molecule has 3 nitrogen and oxygen atoms in total. The Balaban J connectivity index is 1.34. The van der Waals surface area contributed by atoms with E-state index in [1.165, 1.54) is 43.5 Å². The molecule has 0 spiro atoms. The van der Waals surface area contributed by atoms with Crippen LogP contribution in [0.4, 0.5) is 0 Å². The first kappa shape index (κ1) is 16.3. The molecular weight excluding hydrogens is 284 g/mol. The molecule has 1 aliphatic rings. The molecule has 23 heavy (non-hydrogen) atoms. The first-order valence-electron chi connectivity index (χ1n) is 8.93. The fourth-order valence-electron chi connectivity index (χ4n) is 3.21. The van der Waals surface area contributed by atoms with Crippen molar-refractivity contribution in [2.45, 2.75) is 45.2 Å². The van der Waals surface area contributed by atoms with Gasteiger partial charge in [-0.15, -0.1) is 0 Å². The maximum absolute atomic E-state index is 5.34. The number of nitrogens with zero attached hydrogens (tertiary/aromatic N) is 1. The third kappa shape index (κ3) is 5.52. The normalized spacial score (nSPS) is 15.8. The van der Waals surface area contributed by atoms with Gasteiger partial charge in [-0.3, -0.25) is 4.90 Å². The van der Waals surface area contributed by atoms with Crippen molar-refractivity contribution in [3.63, 3.8) is 0 Å². The molecule has 1 aliphatic heterocycles. The van der Waals surface area contributed by atoms with Gasteiger partial charge in [-0.05, 0) is 62.2 Å². The highest BCUT2D eigenvalue weighted by atomic mass is 16.3. The summed E-state index contributed by atoms with van der Waals surface area (Å²) in [5.74, 6) is 1.08. The van der Waals surface area contributed by atoms with Crippen LogP contribution >= 0.6 is 0 Å². The molecule has 2 aromatic rings. The lowest BCUT2D eigenvalue weighted by molar-refractivity contribution is 0.221. The molecule has 3 heteroatoms. The van der Waals surface area contributed by atoms with Crippen LogP contribution in [0.2, 0.25) is 0 Å². The van der Waals surface area contributed by atoms with Gasteiger partial charge in [-0.2, -0.15) is 0 Å². The molecule has 0 amide bonds. The Morgan fingerprint density at radius 3 is 2.48 bits per heavy atom. The van der Waals surface area contributed by atoms with Crippen LogP contribution in [0.3, 0.4) is 0 Å². The van der Waals surface area contributed by atoms with Crippen LogP contribution in [0.5, 0.6) is 0 Å². The number of aryl methyl sites for hydroxylation is 1. The number of likely N-dealkylation sites (tertiary alicyclic amines) is 1. The molecule has 1 aromatic heterocycles. The summed E-state index contributed by atoms with van der Waals surface area (Å²) in [4.78, 5) is 2.57. The SMILES string of the molecule is c1coc(CCCNCc2ccc(CN3CCCCC3)cc2)c1. The Kier molecular flexibility index (Phi) is 6.30. The second-order valence-electron chi connectivity index (χ2n) is 6.51. The Morgan fingerprint density at radius 2 is 1.74 bits per heavy atom. The lowest BCUT2D eigenvalue weighted by Crippen LogP contribution is -2.29. The van der Waals surface area contributed by atoms with E-state index in [0.29, 0.717) is 0 Å². The van der Waals surface area contributed by atoms with Crippen molar-refractivity contribution in [3.8, 4) is 0 Å². The quantitative estimate of drug-likeness (QED) is 0.747. The molecule has 1 saturated heterocycles. The molecular formula is C20H28N2O. The number of hydrogen-bond donors (Lipinski definition) is 1. The van der Waals surface area contributed by atoms with Crippen LogP contribution in [0, 0.1) is 0 Å². The van der Waals surface area contributed by atoms with Crippen LogP contribution in [0.15, 0.2) is 47.1 Å². The van der Waals surface area contributed by atoms with Gasteiger partial charge in [-0.25, -0.2) is 0 Å². The molecule has 3 rings (SSSR count). The molecule has 0 aliphatic carbocycles. The Morgan fingerprint density at radius 1 is 0.957 bits per heavy atom. The van der Waals surface area contributed by atoms with Gasteiger partial charge in [0.2, 0.25) is 0 Å². The predicted molar refractivity (Wildman–Crippen MR) is 94.3 cm³/mol. The van der Waals surface area contributed by atoms with Gasteiger partial charge in [0.15, 0.2) is 0 Å². The Hall–Kier alpha value is -1.58. The third-order valence-corrected chi connectivity index (χ3v) is 4.56. The van der Waals surface area contributed by atoms with E-state index < -0.39 is 0 Å². The predicted octanol–water partition coefficient (Wildman–Crippen LogP) is 3.99. The molecule has 2 heterocycles. The van der Waals surface area contributed by atoms with E-state index in [1.807, 2.05) is 12.1 Å². The van der Waals surface area contributed by atoms with Crippen LogP contribution < -0.4 is 5.32 Å². The van der Waals surface area contributed by atoms with E-state index in [9.17, 15) is 0 Å². The van der Waals surface area contributed by atoms with Crippen molar-refractivity contribution in [2.24, 2.45) is 0 Å². The summed E-state index contributed by atoms with van der Waals surface area (Å²) in [5, 5.41) is 3.51. The average Bonchev–Trinajstić information content (AvgIpc) is 3.10. The van der Waals surface area contributed by atoms with E-state index in [4.69, 9.17) is 4.42 Å². The fraction of sp³-hybridized carbons (Fsp3) is 0.500. The maximum atomic E-state index is 5.34. The number of piperidine rings is 1. The van der Waals surface area contributed by atoms with Gasteiger partial charge < -0.3 is 9.73 Å². The van der Waals surface area contributed by atoms with Crippen molar-refractivity contribution in [3.05, 3.63) is 59.5 Å². The maximum Gasteiger partial charge on any atom is 0.103 e. The van der Waals surface area contributed by atoms with Crippen molar-refractivity contribution >= 4 is 0 Å². The van der Waals surface area contributed by atoms with Crippen LogP contribution in [-0.4, -0.2) is 24.5 Å². The van der Waals surface area contributed by atoms with Gasteiger partial charge in [0.1, 0.15) is 5.76 Å².